The second-order valence-electron chi connectivity index (χ2n) is 2.52. The number of nitriles is 1. The van der Waals surface area contributed by atoms with Gasteiger partial charge in [-0.15, -0.1) is 11.3 Å². The Morgan fingerprint density at radius 1 is 1.77 bits per heavy atom. The number of hydrogen-bond acceptors (Lipinski definition) is 4. The standard InChI is InChI=1S/C8H8N2O2S/c9-4-5-1-2-7(13-5)6(10)3-8(11)12/h1-2,6H,3,10H2,(H,11,12)/t6-/m1/s1. The second-order valence-corrected chi connectivity index (χ2v) is 3.63. The van der Waals surface area contributed by atoms with Crippen LogP contribution in [-0.2, 0) is 4.79 Å². The van der Waals surface area contributed by atoms with E-state index < -0.39 is 12.0 Å². The normalized spacial score (nSPS) is 12.0. The molecule has 0 unspecified atom stereocenters. The Morgan fingerprint density at radius 3 is 2.92 bits per heavy atom. The molecule has 0 aliphatic carbocycles. The highest BCUT2D eigenvalue weighted by Crippen LogP contribution is 2.23. The lowest BCUT2D eigenvalue weighted by Crippen LogP contribution is -2.13. The van der Waals surface area contributed by atoms with E-state index in [1.807, 2.05) is 6.07 Å². The summed E-state index contributed by atoms with van der Waals surface area (Å²) in [7, 11) is 0. The highest BCUT2D eigenvalue weighted by molar-refractivity contribution is 7.12. The molecule has 1 aromatic rings. The second kappa shape index (κ2) is 4.03. The molecule has 0 aliphatic heterocycles. The van der Waals surface area contributed by atoms with Gasteiger partial charge in [-0.3, -0.25) is 4.79 Å². The fraction of sp³-hybridized carbons (Fsp3) is 0.250. The molecule has 0 radical (unpaired) electrons. The van der Waals surface area contributed by atoms with Crippen LogP contribution in [0.2, 0.25) is 0 Å². The molecule has 0 aliphatic rings. The summed E-state index contributed by atoms with van der Waals surface area (Å²) in [5, 5.41) is 17.0. The Balaban J connectivity index is 2.72. The quantitative estimate of drug-likeness (QED) is 0.757. The van der Waals surface area contributed by atoms with Crippen molar-refractivity contribution >= 4 is 17.3 Å². The van der Waals surface area contributed by atoms with Crippen LogP contribution in [0.5, 0.6) is 0 Å². The maximum absolute atomic E-state index is 10.3. The fourth-order valence-corrected chi connectivity index (χ4v) is 1.71. The van der Waals surface area contributed by atoms with E-state index in [1.165, 1.54) is 11.3 Å². The van der Waals surface area contributed by atoms with E-state index in [2.05, 4.69) is 0 Å². The Bertz CT molecular complexity index is 353. The molecular weight excluding hydrogens is 188 g/mol. The zero-order chi connectivity index (χ0) is 9.84. The van der Waals surface area contributed by atoms with E-state index in [4.69, 9.17) is 16.1 Å². The minimum Gasteiger partial charge on any atom is -0.481 e. The summed E-state index contributed by atoms with van der Waals surface area (Å²) in [6.45, 7) is 0. The highest BCUT2D eigenvalue weighted by Gasteiger charge is 2.12. The minimum absolute atomic E-state index is 0.106. The molecule has 0 fully saturated rings. The third kappa shape index (κ3) is 2.54. The monoisotopic (exact) mass is 196 g/mol. The van der Waals surface area contributed by atoms with Gasteiger partial charge in [-0.1, -0.05) is 0 Å². The molecule has 4 nitrogen and oxygen atoms in total. The lowest BCUT2D eigenvalue weighted by Gasteiger charge is -2.04. The van der Waals surface area contributed by atoms with Crippen molar-refractivity contribution in [1.82, 2.24) is 0 Å². The van der Waals surface area contributed by atoms with Crippen molar-refractivity contribution in [3.8, 4) is 6.07 Å². The Labute approximate surface area is 79.2 Å². The van der Waals surface area contributed by atoms with E-state index in [0.29, 0.717) is 4.88 Å². The first-order chi connectivity index (χ1) is 6.13. The van der Waals surface area contributed by atoms with Gasteiger partial charge in [0, 0.05) is 10.9 Å². The third-order valence-corrected chi connectivity index (χ3v) is 2.62. The Morgan fingerprint density at radius 2 is 2.46 bits per heavy atom. The lowest BCUT2D eigenvalue weighted by atomic mass is 10.2. The maximum Gasteiger partial charge on any atom is 0.305 e. The molecule has 0 spiro atoms. The van der Waals surface area contributed by atoms with Crippen molar-refractivity contribution in [3.05, 3.63) is 21.9 Å². The van der Waals surface area contributed by atoms with Crippen molar-refractivity contribution in [2.45, 2.75) is 12.5 Å². The largest absolute Gasteiger partial charge is 0.481 e. The van der Waals surface area contributed by atoms with Gasteiger partial charge >= 0.3 is 5.97 Å². The number of thiophene rings is 1. The number of carboxylic acids is 1. The van der Waals surface area contributed by atoms with Crippen LogP contribution in [0.15, 0.2) is 12.1 Å². The molecule has 3 N–H and O–H groups in total. The zero-order valence-corrected chi connectivity index (χ0v) is 7.54. The first kappa shape index (κ1) is 9.71. The van der Waals surface area contributed by atoms with Crippen LogP contribution >= 0.6 is 11.3 Å². The molecule has 0 saturated heterocycles. The summed E-state index contributed by atoms with van der Waals surface area (Å²) in [6.07, 6.45) is -0.106. The average Bonchev–Trinajstić information content (AvgIpc) is 2.50. The van der Waals surface area contributed by atoms with Gasteiger partial charge < -0.3 is 10.8 Å². The molecule has 13 heavy (non-hydrogen) atoms. The summed E-state index contributed by atoms with van der Waals surface area (Å²) in [4.78, 5) is 11.6. The maximum atomic E-state index is 10.3. The van der Waals surface area contributed by atoms with E-state index >= 15 is 0 Å². The van der Waals surface area contributed by atoms with Crippen LogP contribution in [0.25, 0.3) is 0 Å². The molecule has 0 aromatic carbocycles. The van der Waals surface area contributed by atoms with Gasteiger partial charge in [0.15, 0.2) is 0 Å². The highest BCUT2D eigenvalue weighted by atomic mass is 32.1. The summed E-state index contributed by atoms with van der Waals surface area (Å²) in [5.41, 5.74) is 5.58. The van der Waals surface area contributed by atoms with Crippen LogP contribution in [-0.4, -0.2) is 11.1 Å². The van der Waals surface area contributed by atoms with E-state index in [1.54, 1.807) is 12.1 Å². The van der Waals surface area contributed by atoms with Gasteiger partial charge in [0.05, 0.1) is 6.42 Å². The van der Waals surface area contributed by atoms with Crippen LogP contribution in [0.1, 0.15) is 22.2 Å². The molecule has 1 heterocycles. The molecule has 1 aromatic heterocycles. The summed E-state index contributed by atoms with van der Waals surface area (Å²) >= 11 is 1.23. The van der Waals surface area contributed by atoms with E-state index in [9.17, 15) is 4.79 Å². The van der Waals surface area contributed by atoms with Crippen LogP contribution in [0.3, 0.4) is 0 Å². The van der Waals surface area contributed by atoms with Crippen LogP contribution in [0, 0.1) is 11.3 Å². The number of aliphatic carboxylic acids is 1. The van der Waals surface area contributed by atoms with Gasteiger partial charge in [-0.2, -0.15) is 5.26 Å². The average molecular weight is 196 g/mol. The number of rotatable bonds is 3. The van der Waals surface area contributed by atoms with Gasteiger partial charge in [0.1, 0.15) is 10.9 Å². The predicted molar refractivity (Wildman–Crippen MR) is 48.2 cm³/mol. The fourth-order valence-electron chi connectivity index (χ4n) is 0.901. The molecule has 1 atom stereocenters. The molecule has 1 rings (SSSR count). The molecule has 0 bridgehead atoms. The number of nitrogens with two attached hydrogens (primary N) is 1. The van der Waals surface area contributed by atoms with Crippen molar-refractivity contribution in [2.75, 3.05) is 0 Å². The molecular formula is C8H8N2O2S. The lowest BCUT2D eigenvalue weighted by molar-refractivity contribution is -0.137. The number of carbonyl (C=O) groups is 1. The van der Waals surface area contributed by atoms with Crippen molar-refractivity contribution < 1.29 is 9.90 Å². The Kier molecular flexibility index (Phi) is 3.01. The Hall–Kier alpha value is -1.38. The van der Waals surface area contributed by atoms with Gasteiger partial charge in [-0.05, 0) is 12.1 Å². The van der Waals surface area contributed by atoms with Crippen LogP contribution in [0.4, 0.5) is 0 Å². The number of hydrogen-bond donors (Lipinski definition) is 2. The number of carboxylic acid groups (broad SMARTS) is 1. The third-order valence-electron chi connectivity index (χ3n) is 1.50. The summed E-state index contributed by atoms with van der Waals surface area (Å²) in [5.74, 6) is -0.931. The van der Waals surface area contributed by atoms with Crippen molar-refractivity contribution in [1.29, 1.82) is 5.26 Å². The molecule has 5 heteroatoms. The zero-order valence-electron chi connectivity index (χ0n) is 6.73. The van der Waals surface area contributed by atoms with Gasteiger partial charge in [0.25, 0.3) is 0 Å². The van der Waals surface area contributed by atoms with Crippen molar-refractivity contribution in [3.63, 3.8) is 0 Å². The van der Waals surface area contributed by atoms with Crippen molar-refractivity contribution in [2.24, 2.45) is 5.73 Å². The molecule has 68 valence electrons. The van der Waals surface area contributed by atoms with Gasteiger partial charge in [0.2, 0.25) is 0 Å². The van der Waals surface area contributed by atoms with E-state index in [0.717, 1.165) is 4.88 Å². The number of nitrogens with zero attached hydrogens (tertiary/aromatic N) is 1. The SMILES string of the molecule is N#Cc1ccc([C@H](N)CC(=O)O)s1. The molecule has 0 amide bonds. The first-order valence-corrected chi connectivity index (χ1v) is 4.42. The molecule has 0 saturated carbocycles. The topological polar surface area (TPSA) is 87.1 Å². The minimum atomic E-state index is -0.931. The summed E-state index contributed by atoms with van der Waals surface area (Å²) < 4.78 is 0. The summed E-state index contributed by atoms with van der Waals surface area (Å²) in [6, 6.07) is 4.79. The van der Waals surface area contributed by atoms with E-state index in [-0.39, 0.29) is 6.42 Å². The van der Waals surface area contributed by atoms with Gasteiger partial charge in [-0.25, -0.2) is 0 Å². The smallest absolute Gasteiger partial charge is 0.305 e. The first-order valence-electron chi connectivity index (χ1n) is 3.60. The predicted octanol–water partition coefficient (Wildman–Crippen LogP) is 1.09. The van der Waals surface area contributed by atoms with Crippen LogP contribution < -0.4 is 5.73 Å².